The number of carbonyl (C=O) groups excluding carboxylic acids is 1. The minimum atomic E-state index is -0.488. The van der Waals surface area contributed by atoms with Crippen molar-refractivity contribution in [1.82, 2.24) is 5.48 Å². The molecule has 1 aliphatic heterocycles. The maximum Gasteiger partial charge on any atom is 0.414 e. The van der Waals surface area contributed by atoms with Crippen molar-refractivity contribution in [3.05, 3.63) is 29.3 Å². The summed E-state index contributed by atoms with van der Waals surface area (Å²) < 4.78 is 5.49. The van der Waals surface area contributed by atoms with Crippen LogP contribution in [0, 0.1) is 0 Å². The molecule has 0 aliphatic carbocycles. The molecular formula is C16H24N2O3. The van der Waals surface area contributed by atoms with E-state index >= 15 is 0 Å². The summed E-state index contributed by atoms with van der Waals surface area (Å²) in [5.41, 5.74) is 5.60. The Morgan fingerprint density at radius 2 is 2.14 bits per heavy atom. The number of rotatable bonds is 4. The Hall–Kier alpha value is -1.59. The normalized spacial score (nSPS) is 14.2. The van der Waals surface area contributed by atoms with Crippen LogP contribution in [0.3, 0.4) is 0 Å². The Balaban J connectivity index is 2.19. The van der Waals surface area contributed by atoms with Crippen LogP contribution in [0.15, 0.2) is 18.2 Å². The highest BCUT2D eigenvalue weighted by Gasteiger charge is 2.30. The molecule has 1 N–H and O–H groups in total. The first kappa shape index (κ1) is 15.8. The smallest absolute Gasteiger partial charge is 0.414 e. The SMILES string of the molecule is CCONCc1cccc2c1N(C(=O)OC(C)(C)C)CC2. The summed E-state index contributed by atoms with van der Waals surface area (Å²) in [4.78, 5) is 19.3. The van der Waals surface area contributed by atoms with E-state index in [1.165, 1.54) is 5.56 Å². The lowest BCUT2D eigenvalue weighted by molar-refractivity contribution is 0.0461. The summed E-state index contributed by atoms with van der Waals surface area (Å²) in [6, 6.07) is 6.08. The lowest BCUT2D eigenvalue weighted by Gasteiger charge is -2.26. The number of ether oxygens (including phenoxy) is 1. The van der Waals surface area contributed by atoms with Crippen LogP contribution in [0.5, 0.6) is 0 Å². The van der Waals surface area contributed by atoms with Crippen LogP contribution in [-0.2, 0) is 22.5 Å². The lowest BCUT2D eigenvalue weighted by atomic mass is 10.1. The van der Waals surface area contributed by atoms with Crippen LogP contribution in [0.2, 0.25) is 0 Å². The number of nitrogens with zero attached hydrogens (tertiary/aromatic N) is 1. The molecular weight excluding hydrogens is 268 g/mol. The minimum Gasteiger partial charge on any atom is -0.443 e. The molecule has 0 bridgehead atoms. The van der Waals surface area contributed by atoms with Crippen molar-refractivity contribution in [2.75, 3.05) is 18.1 Å². The molecule has 21 heavy (non-hydrogen) atoms. The number of nitrogens with one attached hydrogen (secondary N) is 1. The zero-order valence-corrected chi connectivity index (χ0v) is 13.2. The number of amides is 1. The van der Waals surface area contributed by atoms with Gasteiger partial charge < -0.3 is 9.57 Å². The number of para-hydroxylation sites is 1. The summed E-state index contributed by atoms with van der Waals surface area (Å²) in [7, 11) is 0. The molecule has 1 amide bonds. The number of hydroxylamine groups is 1. The highest BCUT2D eigenvalue weighted by atomic mass is 16.6. The fourth-order valence-corrected chi connectivity index (χ4v) is 2.41. The topological polar surface area (TPSA) is 50.8 Å². The van der Waals surface area contributed by atoms with Crippen molar-refractivity contribution in [2.24, 2.45) is 0 Å². The third-order valence-corrected chi connectivity index (χ3v) is 3.20. The average Bonchev–Trinajstić information content (AvgIpc) is 2.82. The molecule has 0 radical (unpaired) electrons. The minimum absolute atomic E-state index is 0.287. The van der Waals surface area contributed by atoms with Gasteiger partial charge in [0, 0.05) is 13.1 Å². The van der Waals surface area contributed by atoms with Crippen molar-refractivity contribution in [3.8, 4) is 0 Å². The average molecular weight is 292 g/mol. The van der Waals surface area contributed by atoms with E-state index in [4.69, 9.17) is 9.57 Å². The van der Waals surface area contributed by atoms with E-state index in [9.17, 15) is 4.79 Å². The van der Waals surface area contributed by atoms with Crippen molar-refractivity contribution >= 4 is 11.8 Å². The maximum atomic E-state index is 12.4. The molecule has 1 aromatic rings. The van der Waals surface area contributed by atoms with E-state index in [-0.39, 0.29) is 6.09 Å². The van der Waals surface area contributed by atoms with Crippen molar-refractivity contribution in [3.63, 3.8) is 0 Å². The molecule has 0 spiro atoms. The first-order valence-corrected chi connectivity index (χ1v) is 7.38. The van der Waals surface area contributed by atoms with Crippen LogP contribution in [0.25, 0.3) is 0 Å². The molecule has 5 heteroatoms. The summed E-state index contributed by atoms with van der Waals surface area (Å²) >= 11 is 0. The predicted octanol–water partition coefficient (Wildman–Crippen LogP) is 3.03. The van der Waals surface area contributed by atoms with Crippen molar-refractivity contribution < 1.29 is 14.4 Å². The van der Waals surface area contributed by atoms with Crippen LogP contribution >= 0.6 is 0 Å². The third kappa shape index (κ3) is 3.95. The molecule has 0 aromatic heterocycles. The van der Waals surface area contributed by atoms with E-state index in [0.29, 0.717) is 19.7 Å². The van der Waals surface area contributed by atoms with E-state index in [1.807, 2.05) is 39.8 Å². The Bertz CT molecular complexity index is 509. The van der Waals surface area contributed by atoms with E-state index in [1.54, 1.807) is 4.90 Å². The molecule has 0 fully saturated rings. The molecule has 116 valence electrons. The zero-order chi connectivity index (χ0) is 15.5. The van der Waals surface area contributed by atoms with Gasteiger partial charge in [0.15, 0.2) is 0 Å². The van der Waals surface area contributed by atoms with Gasteiger partial charge in [0.05, 0.1) is 12.3 Å². The number of benzene rings is 1. The van der Waals surface area contributed by atoms with Gasteiger partial charge in [-0.25, -0.2) is 4.79 Å². The Labute approximate surface area is 126 Å². The lowest BCUT2D eigenvalue weighted by Crippen LogP contribution is -2.36. The predicted molar refractivity (Wildman–Crippen MR) is 82.2 cm³/mol. The number of hydrogen-bond acceptors (Lipinski definition) is 4. The molecule has 0 saturated heterocycles. The standard InChI is InChI=1S/C16H24N2O3/c1-5-20-17-11-13-8-6-7-12-9-10-18(14(12)13)15(19)21-16(2,3)4/h6-8,17H,5,9-11H2,1-4H3. The fourth-order valence-electron chi connectivity index (χ4n) is 2.41. The monoisotopic (exact) mass is 292 g/mol. The first-order chi connectivity index (χ1) is 9.92. The second-order valence-electron chi connectivity index (χ2n) is 6.06. The second kappa shape index (κ2) is 6.45. The zero-order valence-electron chi connectivity index (χ0n) is 13.2. The number of anilines is 1. The van der Waals surface area contributed by atoms with Crippen LogP contribution in [0.1, 0.15) is 38.8 Å². The highest BCUT2D eigenvalue weighted by Crippen LogP contribution is 2.33. The summed E-state index contributed by atoms with van der Waals surface area (Å²) in [5.74, 6) is 0. The first-order valence-electron chi connectivity index (χ1n) is 7.38. The molecule has 1 heterocycles. The highest BCUT2D eigenvalue weighted by molar-refractivity contribution is 5.91. The number of hydrogen-bond donors (Lipinski definition) is 1. The Morgan fingerprint density at radius 3 is 2.81 bits per heavy atom. The van der Waals surface area contributed by atoms with Crippen LogP contribution < -0.4 is 10.4 Å². The largest absolute Gasteiger partial charge is 0.443 e. The van der Waals surface area contributed by atoms with Crippen molar-refractivity contribution in [2.45, 2.75) is 46.3 Å². The molecule has 0 saturated carbocycles. The maximum absolute atomic E-state index is 12.4. The second-order valence-corrected chi connectivity index (χ2v) is 6.06. The van der Waals surface area contributed by atoms with E-state index < -0.39 is 5.60 Å². The molecule has 1 aromatic carbocycles. The number of carbonyl (C=O) groups is 1. The van der Waals surface area contributed by atoms with Gasteiger partial charge in [0.1, 0.15) is 5.60 Å². The van der Waals surface area contributed by atoms with E-state index in [2.05, 4.69) is 11.5 Å². The Kier molecular flexibility index (Phi) is 4.85. The molecule has 5 nitrogen and oxygen atoms in total. The Morgan fingerprint density at radius 1 is 1.38 bits per heavy atom. The van der Waals surface area contributed by atoms with Gasteiger partial charge in [-0.05, 0) is 45.2 Å². The summed E-state index contributed by atoms with van der Waals surface area (Å²) in [6.07, 6.45) is 0.571. The quantitative estimate of drug-likeness (QED) is 0.684. The molecule has 2 rings (SSSR count). The summed E-state index contributed by atoms with van der Waals surface area (Å²) in [5, 5.41) is 0. The van der Waals surface area contributed by atoms with Gasteiger partial charge in [0.25, 0.3) is 0 Å². The van der Waals surface area contributed by atoms with Crippen LogP contribution in [-0.4, -0.2) is 24.8 Å². The van der Waals surface area contributed by atoms with Gasteiger partial charge in [-0.15, -0.1) is 0 Å². The van der Waals surface area contributed by atoms with Gasteiger partial charge in [0.2, 0.25) is 0 Å². The third-order valence-electron chi connectivity index (χ3n) is 3.20. The van der Waals surface area contributed by atoms with Gasteiger partial charge in [-0.3, -0.25) is 4.90 Å². The van der Waals surface area contributed by atoms with Gasteiger partial charge >= 0.3 is 6.09 Å². The van der Waals surface area contributed by atoms with Crippen LogP contribution in [0.4, 0.5) is 10.5 Å². The number of fused-ring (bicyclic) bond motifs is 1. The fraction of sp³-hybridized carbons (Fsp3) is 0.562. The molecule has 0 atom stereocenters. The molecule has 0 unspecified atom stereocenters. The van der Waals surface area contributed by atoms with Gasteiger partial charge in [-0.1, -0.05) is 18.2 Å². The van der Waals surface area contributed by atoms with E-state index in [0.717, 1.165) is 17.7 Å². The molecule has 1 aliphatic rings. The van der Waals surface area contributed by atoms with Crippen molar-refractivity contribution in [1.29, 1.82) is 0 Å². The summed E-state index contributed by atoms with van der Waals surface area (Å²) in [6.45, 7) is 9.39. The van der Waals surface area contributed by atoms with Gasteiger partial charge in [-0.2, -0.15) is 5.48 Å².